The van der Waals surface area contributed by atoms with Gasteiger partial charge in [0.2, 0.25) is 0 Å². The summed E-state index contributed by atoms with van der Waals surface area (Å²) in [6.45, 7) is 6.72. The molecule has 0 aromatic heterocycles. The Morgan fingerprint density at radius 2 is 2.10 bits per heavy atom. The predicted octanol–water partition coefficient (Wildman–Crippen LogP) is 3.12. The zero-order valence-electron chi connectivity index (χ0n) is 13.6. The van der Waals surface area contributed by atoms with Gasteiger partial charge in [0.25, 0.3) is 0 Å². The highest BCUT2D eigenvalue weighted by Crippen LogP contribution is 2.31. The van der Waals surface area contributed by atoms with Gasteiger partial charge in [-0.15, -0.1) is 0 Å². The molecular weight excluding hydrogens is 326 g/mol. The lowest BCUT2D eigenvalue weighted by atomic mass is 10.0. The summed E-state index contributed by atoms with van der Waals surface area (Å²) in [5, 5.41) is 0. The van der Waals surface area contributed by atoms with Gasteiger partial charge in [-0.2, -0.15) is 0 Å². The van der Waals surface area contributed by atoms with Crippen molar-refractivity contribution in [1.29, 1.82) is 0 Å². The Morgan fingerprint density at radius 1 is 1.38 bits per heavy atom. The molecule has 3 atom stereocenters. The number of hydrogen-bond acceptors (Lipinski definition) is 3. The van der Waals surface area contributed by atoms with Crippen LogP contribution in [0.15, 0.2) is 22.7 Å². The fourth-order valence-corrected chi connectivity index (χ4v) is 3.60. The second-order valence-electron chi connectivity index (χ2n) is 6.56. The fourth-order valence-electron chi connectivity index (χ4n) is 3.25. The van der Waals surface area contributed by atoms with Gasteiger partial charge >= 0.3 is 0 Å². The summed E-state index contributed by atoms with van der Waals surface area (Å²) in [6, 6.07) is 7.47. The van der Waals surface area contributed by atoms with Crippen LogP contribution in [0.1, 0.15) is 25.8 Å². The molecule has 4 heteroatoms. The van der Waals surface area contributed by atoms with E-state index in [1.54, 1.807) is 0 Å². The quantitative estimate of drug-likeness (QED) is 0.882. The number of hydrogen-bond donors (Lipinski definition) is 1. The maximum absolute atomic E-state index is 6.17. The zero-order valence-corrected chi connectivity index (χ0v) is 15.2. The van der Waals surface area contributed by atoms with Gasteiger partial charge in [-0.25, -0.2) is 0 Å². The molecule has 0 aliphatic carbocycles. The molecule has 3 unspecified atom stereocenters. The van der Waals surface area contributed by atoms with Crippen LogP contribution in [0.4, 0.5) is 5.69 Å². The summed E-state index contributed by atoms with van der Waals surface area (Å²) in [5.74, 6) is 0.687. The van der Waals surface area contributed by atoms with Gasteiger partial charge in [0, 0.05) is 35.3 Å². The van der Waals surface area contributed by atoms with Crippen molar-refractivity contribution in [3.05, 3.63) is 28.2 Å². The standard InChI is InChI=1S/C17H28BrN3/c1-5-15(19)8-13-6-7-14(18)9-16(13)21-10-12(2)17(11-21)20(3)4/h6-7,9,12,15,17H,5,8,10-11,19H2,1-4H3. The third kappa shape index (κ3) is 3.99. The number of anilines is 1. The van der Waals surface area contributed by atoms with E-state index in [4.69, 9.17) is 5.73 Å². The van der Waals surface area contributed by atoms with Crippen LogP contribution in [0.25, 0.3) is 0 Å². The molecular formula is C17H28BrN3. The lowest BCUT2D eigenvalue weighted by Gasteiger charge is -2.25. The van der Waals surface area contributed by atoms with Gasteiger partial charge in [0.05, 0.1) is 0 Å². The summed E-state index contributed by atoms with van der Waals surface area (Å²) in [6.07, 6.45) is 1.98. The van der Waals surface area contributed by atoms with E-state index >= 15 is 0 Å². The van der Waals surface area contributed by atoms with E-state index in [0.29, 0.717) is 12.0 Å². The Hall–Kier alpha value is -0.580. The Bertz CT molecular complexity index is 475. The molecule has 1 aromatic carbocycles. The largest absolute Gasteiger partial charge is 0.369 e. The first-order chi connectivity index (χ1) is 9.92. The molecule has 1 heterocycles. The maximum atomic E-state index is 6.17. The molecule has 3 nitrogen and oxygen atoms in total. The molecule has 0 spiro atoms. The van der Waals surface area contributed by atoms with E-state index in [-0.39, 0.29) is 6.04 Å². The summed E-state index contributed by atoms with van der Waals surface area (Å²) in [4.78, 5) is 4.87. The molecule has 0 bridgehead atoms. The number of nitrogens with two attached hydrogens (primary N) is 1. The van der Waals surface area contributed by atoms with Crippen molar-refractivity contribution in [1.82, 2.24) is 4.90 Å². The van der Waals surface area contributed by atoms with E-state index in [1.165, 1.54) is 11.3 Å². The molecule has 0 amide bonds. The molecule has 0 saturated carbocycles. The third-order valence-corrected chi connectivity index (χ3v) is 5.12. The molecule has 1 aliphatic heterocycles. The van der Waals surface area contributed by atoms with Crippen LogP contribution >= 0.6 is 15.9 Å². The summed E-state index contributed by atoms with van der Waals surface area (Å²) in [7, 11) is 4.36. The molecule has 2 rings (SSSR count). The normalized spacial score (nSPS) is 23.9. The van der Waals surface area contributed by atoms with E-state index in [0.717, 1.165) is 30.4 Å². The zero-order chi connectivity index (χ0) is 15.6. The van der Waals surface area contributed by atoms with Crippen LogP contribution in [-0.2, 0) is 6.42 Å². The second-order valence-corrected chi connectivity index (χ2v) is 7.47. The average Bonchev–Trinajstić information content (AvgIpc) is 2.82. The van der Waals surface area contributed by atoms with Gasteiger partial charge < -0.3 is 15.5 Å². The van der Waals surface area contributed by atoms with E-state index in [9.17, 15) is 0 Å². The molecule has 1 aromatic rings. The highest BCUT2D eigenvalue weighted by molar-refractivity contribution is 9.10. The molecule has 1 saturated heterocycles. The van der Waals surface area contributed by atoms with Gasteiger partial charge in [-0.3, -0.25) is 0 Å². The van der Waals surface area contributed by atoms with Crippen molar-refractivity contribution in [2.45, 2.75) is 38.8 Å². The van der Waals surface area contributed by atoms with Crippen LogP contribution in [0.2, 0.25) is 0 Å². The van der Waals surface area contributed by atoms with Crippen molar-refractivity contribution in [2.75, 3.05) is 32.1 Å². The molecule has 118 valence electrons. The first kappa shape index (κ1) is 16.8. The number of nitrogens with zero attached hydrogens (tertiary/aromatic N) is 2. The highest BCUT2D eigenvalue weighted by Gasteiger charge is 2.32. The van der Waals surface area contributed by atoms with Crippen LogP contribution in [0, 0.1) is 5.92 Å². The lowest BCUT2D eigenvalue weighted by Crippen LogP contribution is -2.34. The lowest BCUT2D eigenvalue weighted by molar-refractivity contribution is 0.266. The monoisotopic (exact) mass is 353 g/mol. The van der Waals surface area contributed by atoms with Gasteiger partial charge in [-0.05, 0) is 50.6 Å². The summed E-state index contributed by atoms with van der Waals surface area (Å²) >= 11 is 3.62. The SMILES string of the molecule is CCC(N)Cc1ccc(Br)cc1N1CC(C)C(N(C)C)C1. The van der Waals surface area contributed by atoms with Crippen molar-refractivity contribution < 1.29 is 0 Å². The van der Waals surface area contributed by atoms with E-state index in [1.807, 2.05) is 0 Å². The molecule has 21 heavy (non-hydrogen) atoms. The second kappa shape index (κ2) is 7.12. The first-order valence-corrected chi connectivity index (χ1v) is 8.67. The Labute approximate surface area is 137 Å². The van der Waals surface area contributed by atoms with Gasteiger partial charge in [0.1, 0.15) is 0 Å². The third-order valence-electron chi connectivity index (χ3n) is 4.63. The highest BCUT2D eigenvalue weighted by atomic mass is 79.9. The average molecular weight is 354 g/mol. The molecule has 1 aliphatic rings. The maximum Gasteiger partial charge on any atom is 0.0411 e. The van der Waals surface area contributed by atoms with Crippen LogP contribution in [0.3, 0.4) is 0 Å². The van der Waals surface area contributed by atoms with Crippen LogP contribution in [-0.4, -0.2) is 44.2 Å². The number of benzene rings is 1. The topological polar surface area (TPSA) is 32.5 Å². The van der Waals surface area contributed by atoms with E-state index < -0.39 is 0 Å². The van der Waals surface area contributed by atoms with Gasteiger partial charge in [0.15, 0.2) is 0 Å². The van der Waals surface area contributed by atoms with E-state index in [2.05, 4.69) is 71.9 Å². The Balaban J connectivity index is 2.24. The minimum absolute atomic E-state index is 0.245. The number of halogens is 1. The van der Waals surface area contributed by atoms with Crippen LogP contribution < -0.4 is 10.6 Å². The molecule has 0 radical (unpaired) electrons. The minimum Gasteiger partial charge on any atom is -0.369 e. The summed E-state index contributed by atoms with van der Waals surface area (Å²) in [5.41, 5.74) is 8.90. The summed E-state index contributed by atoms with van der Waals surface area (Å²) < 4.78 is 1.15. The number of rotatable bonds is 5. The van der Waals surface area contributed by atoms with Crippen molar-refractivity contribution in [2.24, 2.45) is 11.7 Å². The molecule has 2 N–H and O–H groups in total. The molecule has 1 fully saturated rings. The fraction of sp³-hybridized carbons (Fsp3) is 0.647. The Kier molecular flexibility index (Phi) is 5.69. The Morgan fingerprint density at radius 3 is 2.67 bits per heavy atom. The van der Waals surface area contributed by atoms with Crippen molar-refractivity contribution in [3.63, 3.8) is 0 Å². The van der Waals surface area contributed by atoms with Crippen molar-refractivity contribution in [3.8, 4) is 0 Å². The van der Waals surface area contributed by atoms with Crippen LogP contribution in [0.5, 0.6) is 0 Å². The smallest absolute Gasteiger partial charge is 0.0411 e. The first-order valence-electron chi connectivity index (χ1n) is 7.87. The van der Waals surface area contributed by atoms with Crippen molar-refractivity contribution >= 4 is 21.6 Å². The predicted molar refractivity (Wildman–Crippen MR) is 95.0 cm³/mol. The minimum atomic E-state index is 0.245. The number of likely N-dealkylation sites (N-methyl/N-ethyl adjacent to an activating group) is 1. The van der Waals surface area contributed by atoms with Gasteiger partial charge in [-0.1, -0.05) is 35.8 Å².